The van der Waals surface area contributed by atoms with Crippen molar-refractivity contribution in [3.05, 3.63) is 36.4 Å². The van der Waals surface area contributed by atoms with Crippen LogP contribution in [0.5, 0.6) is 11.5 Å². The summed E-state index contributed by atoms with van der Waals surface area (Å²) in [5, 5.41) is 9.67. The van der Waals surface area contributed by atoms with Gasteiger partial charge in [-0.3, -0.25) is 0 Å². The van der Waals surface area contributed by atoms with Gasteiger partial charge in [0.05, 0.1) is 0 Å². The number of carbonyl (C=O) groups excluding carboxylic acids is 1. The maximum atomic E-state index is 11.4. The predicted molar refractivity (Wildman–Crippen MR) is 63.4 cm³/mol. The fraction of sp³-hybridized carbons (Fsp3) is 0.308. The summed E-state index contributed by atoms with van der Waals surface area (Å²) in [7, 11) is 0. The molecule has 5 nitrogen and oxygen atoms in total. The van der Waals surface area contributed by atoms with Crippen LogP contribution in [0.25, 0.3) is 0 Å². The Labute approximate surface area is 105 Å². The van der Waals surface area contributed by atoms with Crippen LogP contribution in [-0.2, 0) is 16.0 Å². The minimum Gasteiger partial charge on any atom is -0.460 e. The van der Waals surface area contributed by atoms with Crippen molar-refractivity contribution in [3.8, 4) is 11.5 Å². The average Bonchev–Trinajstić information content (AvgIpc) is 2.83. The molecular weight excluding hydrogens is 236 g/mol. The van der Waals surface area contributed by atoms with E-state index in [1.54, 1.807) is 18.2 Å². The molecule has 0 saturated heterocycles. The van der Waals surface area contributed by atoms with Crippen molar-refractivity contribution in [1.29, 1.82) is 0 Å². The molecule has 0 radical (unpaired) electrons. The Morgan fingerprint density at radius 1 is 1.50 bits per heavy atom. The maximum absolute atomic E-state index is 11.4. The van der Waals surface area contributed by atoms with E-state index in [2.05, 4.69) is 6.58 Å². The first-order chi connectivity index (χ1) is 8.70. The molecule has 0 amide bonds. The van der Waals surface area contributed by atoms with Crippen LogP contribution >= 0.6 is 0 Å². The Bertz CT molecular complexity index is 455. The van der Waals surface area contributed by atoms with E-state index in [9.17, 15) is 9.90 Å². The Kier molecular flexibility index (Phi) is 3.84. The minimum absolute atomic E-state index is 0.0943. The van der Waals surface area contributed by atoms with Gasteiger partial charge in [0.15, 0.2) is 17.6 Å². The summed E-state index contributed by atoms with van der Waals surface area (Å²) in [5.41, 5.74) is 0.780. The van der Waals surface area contributed by atoms with E-state index in [1.807, 2.05) is 0 Å². The van der Waals surface area contributed by atoms with Gasteiger partial charge < -0.3 is 19.3 Å². The fourth-order valence-corrected chi connectivity index (χ4v) is 1.61. The Hall–Kier alpha value is -2.01. The van der Waals surface area contributed by atoms with Gasteiger partial charge >= 0.3 is 5.97 Å². The molecule has 0 aromatic heterocycles. The van der Waals surface area contributed by atoms with Crippen molar-refractivity contribution in [2.75, 3.05) is 13.4 Å². The molecule has 0 bridgehead atoms. The van der Waals surface area contributed by atoms with E-state index in [-0.39, 0.29) is 19.8 Å². The Morgan fingerprint density at radius 3 is 3.06 bits per heavy atom. The molecule has 1 heterocycles. The van der Waals surface area contributed by atoms with Crippen molar-refractivity contribution < 1.29 is 24.1 Å². The van der Waals surface area contributed by atoms with Crippen molar-refractivity contribution in [2.24, 2.45) is 0 Å². The molecule has 96 valence electrons. The SMILES string of the molecule is C=CCOC(=O)[C@H](O)Cc1ccc2c(c1)OCO2. The van der Waals surface area contributed by atoms with E-state index in [0.29, 0.717) is 11.5 Å². The Balaban J connectivity index is 1.96. The molecule has 1 N–H and O–H groups in total. The standard InChI is InChI=1S/C13H14O5/c1-2-5-16-13(15)10(14)6-9-3-4-11-12(7-9)18-8-17-11/h2-4,7,10,14H,1,5-6,8H2/t10-/m1/s1. The highest BCUT2D eigenvalue weighted by Crippen LogP contribution is 2.32. The number of rotatable bonds is 5. The molecule has 1 atom stereocenters. The van der Waals surface area contributed by atoms with Crippen molar-refractivity contribution in [2.45, 2.75) is 12.5 Å². The molecule has 1 aliphatic heterocycles. The smallest absolute Gasteiger partial charge is 0.335 e. The largest absolute Gasteiger partial charge is 0.460 e. The number of hydrogen-bond acceptors (Lipinski definition) is 5. The number of benzene rings is 1. The summed E-state index contributed by atoms with van der Waals surface area (Å²) >= 11 is 0. The van der Waals surface area contributed by atoms with E-state index in [4.69, 9.17) is 14.2 Å². The molecule has 0 aliphatic carbocycles. The highest BCUT2D eigenvalue weighted by atomic mass is 16.7. The lowest BCUT2D eigenvalue weighted by molar-refractivity contribution is -0.152. The van der Waals surface area contributed by atoms with Crippen LogP contribution < -0.4 is 9.47 Å². The summed E-state index contributed by atoms with van der Waals surface area (Å²) in [6.07, 6.45) is 0.433. The van der Waals surface area contributed by atoms with E-state index in [1.165, 1.54) is 6.08 Å². The second-order valence-corrected chi connectivity index (χ2v) is 3.83. The summed E-state index contributed by atoms with van der Waals surface area (Å²) in [4.78, 5) is 11.4. The molecule has 5 heteroatoms. The predicted octanol–water partition coefficient (Wildman–Crippen LogP) is 1.05. The van der Waals surface area contributed by atoms with Crippen molar-refractivity contribution in [3.63, 3.8) is 0 Å². The zero-order valence-electron chi connectivity index (χ0n) is 9.80. The molecule has 1 aromatic carbocycles. The van der Waals surface area contributed by atoms with Gasteiger partial charge in [-0.15, -0.1) is 0 Å². The molecule has 0 saturated carbocycles. The molecule has 2 rings (SSSR count). The van der Waals surface area contributed by atoms with Crippen molar-refractivity contribution >= 4 is 5.97 Å². The molecule has 0 spiro atoms. The number of ether oxygens (including phenoxy) is 3. The van der Waals surface area contributed by atoms with Crippen LogP contribution in [0.1, 0.15) is 5.56 Å². The summed E-state index contributed by atoms with van der Waals surface area (Å²) in [6, 6.07) is 5.27. The highest BCUT2D eigenvalue weighted by Gasteiger charge is 2.19. The van der Waals surface area contributed by atoms with Crippen LogP contribution in [0.2, 0.25) is 0 Å². The third-order valence-electron chi connectivity index (χ3n) is 2.48. The lowest BCUT2D eigenvalue weighted by Gasteiger charge is -2.10. The van der Waals surface area contributed by atoms with Gasteiger partial charge in [-0.25, -0.2) is 4.79 Å². The second kappa shape index (κ2) is 5.55. The van der Waals surface area contributed by atoms with Gasteiger partial charge in [-0.1, -0.05) is 18.7 Å². The van der Waals surface area contributed by atoms with Gasteiger partial charge in [0.2, 0.25) is 6.79 Å². The quantitative estimate of drug-likeness (QED) is 0.625. The Morgan fingerprint density at radius 2 is 2.28 bits per heavy atom. The second-order valence-electron chi connectivity index (χ2n) is 3.83. The maximum Gasteiger partial charge on any atom is 0.335 e. The third-order valence-corrected chi connectivity index (χ3v) is 2.48. The summed E-state index contributed by atoms with van der Waals surface area (Å²) < 4.78 is 15.1. The summed E-state index contributed by atoms with van der Waals surface area (Å²) in [5.74, 6) is 0.634. The molecule has 0 fully saturated rings. The molecule has 0 unspecified atom stereocenters. The number of aliphatic hydroxyl groups is 1. The topological polar surface area (TPSA) is 65.0 Å². The van der Waals surface area contributed by atoms with Crippen LogP contribution in [-0.4, -0.2) is 30.6 Å². The van der Waals surface area contributed by atoms with E-state index in [0.717, 1.165) is 5.56 Å². The molecule has 1 aromatic rings. The van der Waals surface area contributed by atoms with Crippen LogP contribution in [0.15, 0.2) is 30.9 Å². The van der Waals surface area contributed by atoms with Crippen LogP contribution in [0.3, 0.4) is 0 Å². The first-order valence-corrected chi connectivity index (χ1v) is 5.55. The summed E-state index contributed by atoms with van der Waals surface area (Å²) in [6.45, 7) is 3.72. The minimum atomic E-state index is -1.19. The van der Waals surface area contributed by atoms with Crippen LogP contribution in [0, 0.1) is 0 Å². The van der Waals surface area contributed by atoms with E-state index < -0.39 is 12.1 Å². The number of carbonyl (C=O) groups is 1. The number of aliphatic hydroxyl groups excluding tert-OH is 1. The third kappa shape index (κ3) is 2.81. The number of fused-ring (bicyclic) bond motifs is 1. The molecule has 1 aliphatic rings. The number of esters is 1. The first-order valence-electron chi connectivity index (χ1n) is 5.55. The molecular formula is C13H14O5. The van der Waals surface area contributed by atoms with Gasteiger partial charge in [-0.05, 0) is 17.7 Å². The monoisotopic (exact) mass is 250 g/mol. The normalized spacial score (nSPS) is 14.1. The molecule has 18 heavy (non-hydrogen) atoms. The van der Waals surface area contributed by atoms with Crippen molar-refractivity contribution in [1.82, 2.24) is 0 Å². The van der Waals surface area contributed by atoms with Gasteiger partial charge in [0.25, 0.3) is 0 Å². The fourth-order valence-electron chi connectivity index (χ4n) is 1.61. The number of hydrogen-bond donors (Lipinski definition) is 1. The van der Waals surface area contributed by atoms with Crippen LogP contribution in [0.4, 0.5) is 0 Å². The van der Waals surface area contributed by atoms with E-state index >= 15 is 0 Å². The lowest BCUT2D eigenvalue weighted by atomic mass is 10.1. The zero-order valence-corrected chi connectivity index (χ0v) is 9.80. The van der Waals surface area contributed by atoms with Gasteiger partial charge in [0.1, 0.15) is 6.61 Å². The lowest BCUT2D eigenvalue weighted by Crippen LogP contribution is -2.25. The highest BCUT2D eigenvalue weighted by molar-refractivity contribution is 5.74. The van der Waals surface area contributed by atoms with Gasteiger partial charge in [0, 0.05) is 6.42 Å². The zero-order chi connectivity index (χ0) is 13.0. The first kappa shape index (κ1) is 12.4. The van der Waals surface area contributed by atoms with Gasteiger partial charge in [-0.2, -0.15) is 0 Å². The average molecular weight is 250 g/mol.